The highest BCUT2D eigenvalue weighted by Crippen LogP contribution is 2.35. The van der Waals surface area contributed by atoms with E-state index in [-0.39, 0.29) is 0 Å². The number of nitrogens with two attached hydrogens (primary N) is 1. The van der Waals surface area contributed by atoms with Gasteiger partial charge in [0.1, 0.15) is 5.75 Å². The van der Waals surface area contributed by atoms with Gasteiger partial charge in [-0.25, -0.2) is 0 Å². The first-order valence-corrected chi connectivity index (χ1v) is 6.32. The number of hydrogen-bond donors (Lipinski definition) is 2. The lowest BCUT2D eigenvalue weighted by Gasteiger charge is -2.09. The summed E-state index contributed by atoms with van der Waals surface area (Å²) in [4.78, 5) is 0. The Morgan fingerprint density at radius 1 is 1.05 bits per heavy atom. The van der Waals surface area contributed by atoms with Gasteiger partial charge in [0.2, 0.25) is 0 Å². The predicted octanol–water partition coefficient (Wildman–Crippen LogP) is 3.33. The number of H-pyrrole nitrogens is 1. The Bertz CT molecular complexity index is 734. The minimum absolute atomic E-state index is 0.725. The second kappa shape index (κ2) is 5.09. The Balaban J connectivity index is 2.15. The lowest BCUT2D eigenvalue weighted by molar-refractivity contribution is 0.416. The molecule has 0 unspecified atom stereocenters. The van der Waals surface area contributed by atoms with Crippen molar-refractivity contribution in [3.63, 3.8) is 0 Å². The molecular formula is C16H15N3O. The van der Waals surface area contributed by atoms with Crippen molar-refractivity contribution in [3.05, 3.63) is 54.7 Å². The predicted molar refractivity (Wildman–Crippen MR) is 80.4 cm³/mol. The van der Waals surface area contributed by atoms with Crippen molar-refractivity contribution in [1.82, 2.24) is 10.2 Å². The second-order valence-corrected chi connectivity index (χ2v) is 4.48. The van der Waals surface area contributed by atoms with E-state index in [0.717, 1.165) is 33.8 Å². The molecule has 0 bridgehead atoms. The van der Waals surface area contributed by atoms with Crippen LogP contribution in [0, 0.1) is 0 Å². The molecule has 3 aromatic rings. The number of methoxy groups -OCH3 is 1. The average Bonchev–Trinajstić information content (AvgIpc) is 2.96. The molecule has 0 atom stereocenters. The SMILES string of the molecule is COc1ccccc1-c1cn[nH]c1-c1cccc(N)c1. The summed E-state index contributed by atoms with van der Waals surface area (Å²) in [7, 11) is 1.67. The molecule has 0 fully saturated rings. The molecule has 0 amide bonds. The quantitative estimate of drug-likeness (QED) is 0.714. The summed E-state index contributed by atoms with van der Waals surface area (Å²) in [6.07, 6.45) is 1.80. The van der Waals surface area contributed by atoms with Crippen molar-refractivity contribution in [1.29, 1.82) is 0 Å². The highest BCUT2D eigenvalue weighted by molar-refractivity contribution is 5.84. The van der Waals surface area contributed by atoms with Crippen LogP contribution in [0.4, 0.5) is 5.69 Å². The molecule has 0 aliphatic carbocycles. The number of nitrogens with one attached hydrogen (secondary N) is 1. The number of anilines is 1. The van der Waals surface area contributed by atoms with Gasteiger partial charge in [0, 0.05) is 22.4 Å². The first-order valence-electron chi connectivity index (χ1n) is 6.32. The third kappa shape index (κ3) is 2.12. The molecule has 0 spiro atoms. The monoisotopic (exact) mass is 265 g/mol. The van der Waals surface area contributed by atoms with E-state index in [2.05, 4.69) is 10.2 Å². The van der Waals surface area contributed by atoms with E-state index in [0.29, 0.717) is 0 Å². The van der Waals surface area contributed by atoms with Gasteiger partial charge in [0.15, 0.2) is 0 Å². The summed E-state index contributed by atoms with van der Waals surface area (Å²) >= 11 is 0. The van der Waals surface area contributed by atoms with E-state index in [1.54, 1.807) is 13.3 Å². The van der Waals surface area contributed by atoms with Crippen molar-refractivity contribution >= 4 is 5.69 Å². The lowest BCUT2D eigenvalue weighted by Crippen LogP contribution is -1.89. The number of aromatic amines is 1. The largest absolute Gasteiger partial charge is 0.496 e. The molecule has 4 heteroatoms. The number of para-hydroxylation sites is 1. The molecule has 2 aromatic carbocycles. The Morgan fingerprint density at radius 2 is 1.90 bits per heavy atom. The first-order chi connectivity index (χ1) is 9.79. The van der Waals surface area contributed by atoms with Gasteiger partial charge in [-0.1, -0.05) is 30.3 Å². The van der Waals surface area contributed by atoms with E-state index >= 15 is 0 Å². The third-order valence-corrected chi connectivity index (χ3v) is 3.21. The van der Waals surface area contributed by atoms with Gasteiger partial charge >= 0.3 is 0 Å². The van der Waals surface area contributed by atoms with Crippen molar-refractivity contribution in [3.8, 4) is 28.1 Å². The van der Waals surface area contributed by atoms with Crippen molar-refractivity contribution in [2.45, 2.75) is 0 Å². The van der Waals surface area contributed by atoms with E-state index in [1.165, 1.54) is 0 Å². The number of nitrogen functional groups attached to an aromatic ring is 1. The van der Waals surface area contributed by atoms with Crippen LogP contribution in [0.2, 0.25) is 0 Å². The summed E-state index contributed by atoms with van der Waals surface area (Å²) in [5.74, 6) is 0.819. The molecular weight excluding hydrogens is 250 g/mol. The molecule has 3 rings (SSSR count). The fraction of sp³-hybridized carbons (Fsp3) is 0.0625. The van der Waals surface area contributed by atoms with Crippen LogP contribution in [-0.4, -0.2) is 17.3 Å². The molecule has 0 radical (unpaired) electrons. The summed E-state index contributed by atoms with van der Waals surface area (Å²) in [6.45, 7) is 0. The smallest absolute Gasteiger partial charge is 0.126 e. The number of ether oxygens (including phenoxy) is 1. The third-order valence-electron chi connectivity index (χ3n) is 3.21. The van der Waals surface area contributed by atoms with E-state index in [1.807, 2.05) is 48.5 Å². The van der Waals surface area contributed by atoms with Gasteiger partial charge < -0.3 is 10.5 Å². The molecule has 0 saturated carbocycles. The van der Waals surface area contributed by atoms with E-state index in [9.17, 15) is 0 Å². The van der Waals surface area contributed by atoms with Gasteiger partial charge in [0.05, 0.1) is 19.0 Å². The standard InChI is InChI=1S/C16H15N3O/c1-20-15-8-3-2-7-13(15)14-10-18-19-16(14)11-5-4-6-12(17)9-11/h2-10H,17H2,1H3,(H,18,19). The van der Waals surface area contributed by atoms with Gasteiger partial charge in [-0.15, -0.1) is 0 Å². The van der Waals surface area contributed by atoms with Gasteiger partial charge in [-0.05, 0) is 18.2 Å². The zero-order valence-corrected chi connectivity index (χ0v) is 11.1. The van der Waals surface area contributed by atoms with Crippen LogP contribution in [0.5, 0.6) is 5.75 Å². The Labute approximate surface area is 117 Å². The fourth-order valence-electron chi connectivity index (χ4n) is 2.27. The highest BCUT2D eigenvalue weighted by atomic mass is 16.5. The molecule has 100 valence electrons. The second-order valence-electron chi connectivity index (χ2n) is 4.48. The number of hydrogen-bond acceptors (Lipinski definition) is 3. The summed E-state index contributed by atoms with van der Waals surface area (Å²) in [5.41, 5.74) is 10.5. The average molecular weight is 265 g/mol. The van der Waals surface area contributed by atoms with Crippen molar-refractivity contribution in [2.75, 3.05) is 12.8 Å². The summed E-state index contributed by atoms with van der Waals surface area (Å²) in [6, 6.07) is 15.6. The number of aromatic nitrogens is 2. The maximum absolute atomic E-state index is 5.85. The zero-order valence-electron chi connectivity index (χ0n) is 11.1. The summed E-state index contributed by atoms with van der Waals surface area (Å²) in [5, 5.41) is 7.20. The van der Waals surface area contributed by atoms with Crippen LogP contribution in [0.1, 0.15) is 0 Å². The lowest BCUT2D eigenvalue weighted by atomic mass is 10.0. The Kier molecular flexibility index (Phi) is 3.13. The number of rotatable bonds is 3. The van der Waals surface area contributed by atoms with Crippen LogP contribution < -0.4 is 10.5 Å². The Hall–Kier alpha value is -2.75. The topological polar surface area (TPSA) is 63.9 Å². The normalized spacial score (nSPS) is 10.4. The molecule has 0 aliphatic rings. The molecule has 0 saturated heterocycles. The maximum atomic E-state index is 5.85. The number of benzene rings is 2. The van der Waals surface area contributed by atoms with Crippen molar-refractivity contribution < 1.29 is 4.74 Å². The van der Waals surface area contributed by atoms with Gasteiger partial charge in [-0.2, -0.15) is 5.10 Å². The molecule has 3 N–H and O–H groups in total. The fourth-order valence-corrected chi connectivity index (χ4v) is 2.27. The van der Waals surface area contributed by atoms with E-state index < -0.39 is 0 Å². The van der Waals surface area contributed by atoms with Crippen molar-refractivity contribution in [2.24, 2.45) is 0 Å². The maximum Gasteiger partial charge on any atom is 0.126 e. The van der Waals surface area contributed by atoms with Crippen LogP contribution in [0.15, 0.2) is 54.7 Å². The van der Waals surface area contributed by atoms with Gasteiger partial charge in [0.25, 0.3) is 0 Å². The van der Waals surface area contributed by atoms with Crippen LogP contribution >= 0.6 is 0 Å². The molecule has 4 nitrogen and oxygen atoms in total. The minimum Gasteiger partial charge on any atom is -0.496 e. The molecule has 20 heavy (non-hydrogen) atoms. The van der Waals surface area contributed by atoms with Crippen LogP contribution in [-0.2, 0) is 0 Å². The van der Waals surface area contributed by atoms with E-state index in [4.69, 9.17) is 10.5 Å². The summed E-state index contributed by atoms with van der Waals surface area (Å²) < 4.78 is 5.42. The minimum atomic E-state index is 0.725. The Morgan fingerprint density at radius 3 is 2.70 bits per heavy atom. The highest BCUT2D eigenvalue weighted by Gasteiger charge is 2.13. The molecule has 0 aliphatic heterocycles. The first kappa shape index (κ1) is 12.3. The molecule has 1 aromatic heterocycles. The zero-order chi connectivity index (χ0) is 13.9. The number of nitrogens with zero attached hydrogens (tertiary/aromatic N) is 1. The van der Waals surface area contributed by atoms with Crippen LogP contribution in [0.25, 0.3) is 22.4 Å². The van der Waals surface area contributed by atoms with Gasteiger partial charge in [-0.3, -0.25) is 5.10 Å². The molecule has 1 heterocycles. The van der Waals surface area contributed by atoms with Crippen LogP contribution in [0.3, 0.4) is 0 Å².